The number of aromatic nitrogens is 1. The number of nitrogens with zero attached hydrogens (tertiary/aromatic N) is 1. The van der Waals surface area contributed by atoms with E-state index in [2.05, 4.69) is 5.16 Å². The van der Waals surface area contributed by atoms with Gasteiger partial charge < -0.3 is 19.1 Å². The van der Waals surface area contributed by atoms with E-state index in [0.29, 0.717) is 23.8 Å². The van der Waals surface area contributed by atoms with Crippen molar-refractivity contribution in [3.05, 3.63) is 46.8 Å². The van der Waals surface area contributed by atoms with Gasteiger partial charge in [-0.15, -0.1) is 0 Å². The molecule has 1 N–H and O–H groups in total. The summed E-state index contributed by atoms with van der Waals surface area (Å²) in [4.78, 5) is 0. The molecule has 0 bridgehead atoms. The summed E-state index contributed by atoms with van der Waals surface area (Å²) in [5.41, 5.74) is 2.52. The molecule has 2 aromatic rings. The molecular weight excluding hydrogens is 258 g/mol. The Bertz CT molecular complexity index is 563. The number of aliphatic hydroxyl groups excluding tert-OH is 1. The summed E-state index contributed by atoms with van der Waals surface area (Å²) in [7, 11) is 1.60. The Labute approximate surface area is 118 Å². The van der Waals surface area contributed by atoms with Gasteiger partial charge >= 0.3 is 0 Å². The number of ether oxygens (including phenoxy) is 2. The minimum Gasteiger partial charge on any atom is -0.487 e. The van der Waals surface area contributed by atoms with Gasteiger partial charge in [0.05, 0.1) is 6.10 Å². The summed E-state index contributed by atoms with van der Waals surface area (Å²) < 4.78 is 15.8. The van der Waals surface area contributed by atoms with Crippen molar-refractivity contribution in [3.8, 4) is 5.75 Å². The zero-order chi connectivity index (χ0) is 14.5. The van der Waals surface area contributed by atoms with E-state index in [-0.39, 0.29) is 6.61 Å². The van der Waals surface area contributed by atoms with Crippen molar-refractivity contribution in [2.45, 2.75) is 33.2 Å². The second kappa shape index (κ2) is 6.54. The van der Waals surface area contributed by atoms with Crippen LogP contribution in [0.2, 0.25) is 0 Å². The Morgan fingerprint density at radius 1 is 1.30 bits per heavy atom. The van der Waals surface area contributed by atoms with Crippen LogP contribution in [0, 0.1) is 6.92 Å². The Morgan fingerprint density at radius 2 is 2.10 bits per heavy atom. The minimum atomic E-state index is -0.577. The third-order valence-electron chi connectivity index (χ3n) is 2.89. The highest BCUT2D eigenvalue weighted by Gasteiger charge is 2.11. The maximum Gasteiger partial charge on any atom is 0.162 e. The predicted octanol–water partition coefficient (Wildman–Crippen LogP) is 2.76. The van der Waals surface area contributed by atoms with Gasteiger partial charge in [0.15, 0.2) is 5.76 Å². The van der Waals surface area contributed by atoms with Crippen LogP contribution in [0.5, 0.6) is 5.75 Å². The topological polar surface area (TPSA) is 64.7 Å². The Morgan fingerprint density at radius 3 is 2.80 bits per heavy atom. The lowest BCUT2D eigenvalue weighted by atomic mass is 10.1. The van der Waals surface area contributed by atoms with E-state index in [1.807, 2.05) is 25.1 Å². The Hall–Kier alpha value is -1.85. The van der Waals surface area contributed by atoms with Gasteiger partial charge in [0.1, 0.15) is 24.7 Å². The van der Waals surface area contributed by atoms with Crippen molar-refractivity contribution >= 4 is 0 Å². The Balaban J connectivity index is 2.07. The van der Waals surface area contributed by atoms with Gasteiger partial charge in [-0.2, -0.15) is 0 Å². The number of hydrogen-bond acceptors (Lipinski definition) is 5. The van der Waals surface area contributed by atoms with E-state index in [1.54, 1.807) is 20.1 Å². The molecule has 0 aliphatic rings. The maximum absolute atomic E-state index is 9.74. The number of methoxy groups -OCH3 is 1. The normalized spacial score (nSPS) is 12.4. The van der Waals surface area contributed by atoms with Gasteiger partial charge in [0, 0.05) is 18.7 Å². The van der Waals surface area contributed by atoms with Crippen molar-refractivity contribution in [1.29, 1.82) is 0 Å². The zero-order valence-corrected chi connectivity index (χ0v) is 11.9. The van der Waals surface area contributed by atoms with Crippen molar-refractivity contribution < 1.29 is 19.1 Å². The first-order chi connectivity index (χ1) is 9.60. The van der Waals surface area contributed by atoms with E-state index < -0.39 is 6.10 Å². The first kappa shape index (κ1) is 14.6. The van der Waals surface area contributed by atoms with Crippen LogP contribution in [0.25, 0.3) is 0 Å². The quantitative estimate of drug-likeness (QED) is 0.879. The van der Waals surface area contributed by atoms with Crippen LogP contribution in [0.15, 0.2) is 28.8 Å². The number of benzene rings is 1. The Kier molecular flexibility index (Phi) is 4.76. The molecule has 0 spiro atoms. The summed E-state index contributed by atoms with van der Waals surface area (Å²) in [5.74, 6) is 1.32. The van der Waals surface area contributed by atoms with E-state index in [1.165, 1.54) is 0 Å². The molecule has 5 nitrogen and oxygen atoms in total. The third kappa shape index (κ3) is 3.59. The van der Waals surface area contributed by atoms with E-state index >= 15 is 0 Å². The molecule has 1 aromatic heterocycles. The van der Waals surface area contributed by atoms with Gasteiger partial charge in [0.2, 0.25) is 0 Å². The van der Waals surface area contributed by atoms with E-state index in [4.69, 9.17) is 14.0 Å². The number of aliphatic hydroxyl groups is 1. The highest BCUT2D eigenvalue weighted by molar-refractivity contribution is 5.38. The molecule has 0 radical (unpaired) electrons. The fraction of sp³-hybridized carbons (Fsp3) is 0.400. The summed E-state index contributed by atoms with van der Waals surface area (Å²) in [5, 5.41) is 13.6. The predicted molar refractivity (Wildman–Crippen MR) is 73.4 cm³/mol. The molecule has 2 rings (SSSR count). The third-order valence-corrected chi connectivity index (χ3v) is 2.89. The fourth-order valence-corrected chi connectivity index (χ4v) is 1.90. The number of rotatable bonds is 6. The van der Waals surface area contributed by atoms with Gasteiger partial charge in [0.25, 0.3) is 0 Å². The monoisotopic (exact) mass is 277 g/mol. The lowest BCUT2D eigenvalue weighted by Gasteiger charge is -2.13. The SMILES string of the molecule is COCc1cc(COc2cc(C)ccc2C(C)O)no1. The van der Waals surface area contributed by atoms with Gasteiger partial charge in [-0.25, -0.2) is 0 Å². The average molecular weight is 277 g/mol. The molecule has 0 amide bonds. The fourth-order valence-electron chi connectivity index (χ4n) is 1.90. The molecule has 0 fully saturated rings. The van der Waals surface area contributed by atoms with Crippen molar-refractivity contribution in [2.75, 3.05) is 7.11 Å². The second-order valence-electron chi connectivity index (χ2n) is 4.72. The molecule has 0 saturated carbocycles. The lowest BCUT2D eigenvalue weighted by Crippen LogP contribution is -2.01. The van der Waals surface area contributed by atoms with Crippen LogP contribution in [-0.2, 0) is 18.0 Å². The van der Waals surface area contributed by atoms with Crippen molar-refractivity contribution in [1.82, 2.24) is 5.16 Å². The zero-order valence-electron chi connectivity index (χ0n) is 11.9. The first-order valence-corrected chi connectivity index (χ1v) is 6.45. The van der Waals surface area contributed by atoms with Crippen molar-refractivity contribution in [3.63, 3.8) is 0 Å². The number of hydrogen-bond donors (Lipinski definition) is 1. The van der Waals surface area contributed by atoms with Gasteiger partial charge in [-0.05, 0) is 25.5 Å². The molecule has 1 aromatic carbocycles. The van der Waals surface area contributed by atoms with Crippen LogP contribution in [0.3, 0.4) is 0 Å². The molecule has 1 heterocycles. The molecule has 0 aliphatic carbocycles. The van der Waals surface area contributed by atoms with Gasteiger partial charge in [-0.1, -0.05) is 17.3 Å². The summed E-state index contributed by atoms with van der Waals surface area (Å²) in [6.07, 6.45) is -0.577. The summed E-state index contributed by atoms with van der Waals surface area (Å²) in [6.45, 7) is 4.36. The van der Waals surface area contributed by atoms with E-state index in [9.17, 15) is 5.11 Å². The number of aryl methyl sites for hydroxylation is 1. The smallest absolute Gasteiger partial charge is 0.162 e. The van der Waals surface area contributed by atoms with Crippen LogP contribution in [0.1, 0.15) is 35.6 Å². The molecule has 1 atom stereocenters. The summed E-state index contributed by atoms with van der Waals surface area (Å²) in [6, 6.07) is 7.51. The lowest BCUT2D eigenvalue weighted by molar-refractivity contribution is 0.155. The van der Waals surface area contributed by atoms with Crippen LogP contribution < -0.4 is 4.74 Å². The molecular formula is C15H19NO4. The standard InChI is InChI=1S/C15H19NO4/c1-10-4-5-14(11(2)17)15(6-10)19-8-12-7-13(9-18-3)20-16-12/h4-7,11,17H,8-9H2,1-3H3. The van der Waals surface area contributed by atoms with Crippen molar-refractivity contribution in [2.24, 2.45) is 0 Å². The first-order valence-electron chi connectivity index (χ1n) is 6.45. The van der Waals surface area contributed by atoms with Crippen LogP contribution in [-0.4, -0.2) is 17.4 Å². The molecule has 5 heteroatoms. The average Bonchev–Trinajstić information content (AvgIpc) is 2.84. The molecule has 20 heavy (non-hydrogen) atoms. The van der Waals surface area contributed by atoms with Crippen LogP contribution in [0.4, 0.5) is 0 Å². The van der Waals surface area contributed by atoms with Crippen LogP contribution >= 0.6 is 0 Å². The second-order valence-corrected chi connectivity index (χ2v) is 4.72. The molecule has 108 valence electrons. The molecule has 0 aliphatic heterocycles. The summed E-state index contributed by atoms with van der Waals surface area (Å²) >= 11 is 0. The largest absolute Gasteiger partial charge is 0.487 e. The highest BCUT2D eigenvalue weighted by Crippen LogP contribution is 2.27. The van der Waals surface area contributed by atoms with Gasteiger partial charge in [-0.3, -0.25) is 0 Å². The van der Waals surface area contributed by atoms with E-state index in [0.717, 1.165) is 11.1 Å². The molecule has 1 unspecified atom stereocenters. The highest BCUT2D eigenvalue weighted by atomic mass is 16.5. The molecule has 0 saturated heterocycles. The minimum absolute atomic E-state index is 0.288. The maximum atomic E-state index is 9.74.